The van der Waals surface area contributed by atoms with Gasteiger partial charge >= 0.3 is 6.03 Å². The molecule has 2 amide bonds. The van der Waals surface area contributed by atoms with Crippen molar-refractivity contribution >= 4 is 29.0 Å². The number of anilines is 2. The van der Waals surface area contributed by atoms with Crippen molar-refractivity contribution in [2.24, 2.45) is 0 Å². The fraction of sp³-hybridized carbons (Fsp3) is 0.133. The van der Waals surface area contributed by atoms with E-state index in [1.165, 1.54) is 4.90 Å². The van der Waals surface area contributed by atoms with E-state index in [2.05, 4.69) is 5.32 Å². The third-order valence-electron chi connectivity index (χ3n) is 2.95. The minimum atomic E-state index is -0.234. The third kappa shape index (κ3) is 3.42. The van der Waals surface area contributed by atoms with Crippen molar-refractivity contribution in [2.75, 3.05) is 17.7 Å². The first-order valence-electron chi connectivity index (χ1n) is 6.18. The summed E-state index contributed by atoms with van der Waals surface area (Å²) >= 11 is 5.92. The predicted octanol–water partition coefficient (Wildman–Crippen LogP) is 3.27. The molecule has 20 heavy (non-hydrogen) atoms. The van der Waals surface area contributed by atoms with Crippen LogP contribution in [0.1, 0.15) is 5.56 Å². The Hall–Kier alpha value is -2.20. The van der Waals surface area contributed by atoms with Gasteiger partial charge in [0.15, 0.2) is 0 Å². The number of urea groups is 1. The molecule has 0 saturated carbocycles. The van der Waals surface area contributed by atoms with Crippen LogP contribution in [0.3, 0.4) is 0 Å². The van der Waals surface area contributed by atoms with Crippen LogP contribution in [-0.4, -0.2) is 13.1 Å². The van der Waals surface area contributed by atoms with Crippen LogP contribution >= 0.6 is 11.6 Å². The van der Waals surface area contributed by atoms with E-state index in [1.54, 1.807) is 25.2 Å². The topological polar surface area (TPSA) is 58.4 Å². The first kappa shape index (κ1) is 14.2. The quantitative estimate of drug-likeness (QED) is 0.852. The maximum Gasteiger partial charge on any atom is 0.321 e. The summed E-state index contributed by atoms with van der Waals surface area (Å²) in [5, 5.41) is 3.37. The van der Waals surface area contributed by atoms with E-state index in [9.17, 15) is 4.79 Å². The van der Waals surface area contributed by atoms with E-state index in [1.807, 2.05) is 30.3 Å². The number of carbonyl (C=O) groups excluding carboxylic acids is 1. The Kier molecular flexibility index (Phi) is 4.48. The molecule has 4 nitrogen and oxygen atoms in total. The number of nitrogen functional groups attached to an aromatic ring is 1. The molecule has 0 heterocycles. The Morgan fingerprint density at radius 2 is 1.95 bits per heavy atom. The average molecular weight is 290 g/mol. The molecule has 2 aromatic carbocycles. The minimum absolute atomic E-state index is 0.234. The molecule has 5 heteroatoms. The Labute approximate surface area is 123 Å². The second kappa shape index (κ2) is 6.30. The van der Waals surface area contributed by atoms with Gasteiger partial charge in [-0.3, -0.25) is 4.90 Å². The number of carbonyl (C=O) groups is 1. The highest BCUT2D eigenvalue weighted by Gasteiger charge is 2.13. The van der Waals surface area contributed by atoms with Crippen LogP contribution in [0, 0.1) is 0 Å². The summed E-state index contributed by atoms with van der Waals surface area (Å²) in [6, 6.07) is 14.5. The molecule has 0 aliphatic heterocycles. The van der Waals surface area contributed by atoms with Crippen molar-refractivity contribution in [3.8, 4) is 0 Å². The molecule has 0 aromatic heterocycles. The van der Waals surface area contributed by atoms with Gasteiger partial charge in [0, 0.05) is 18.6 Å². The van der Waals surface area contributed by atoms with E-state index < -0.39 is 0 Å². The van der Waals surface area contributed by atoms with Gasteiger partial charge in [0.1, 0.15) is 0 Å². The molecule has 0 saturated heterocycles. The highest BCUT2D eigenvalue weighted by atomic mass is 35.5. The van der Waals surface area contributed by atoms with Gasteiger partial charge in [0.25, 0.3) is 0 Å². The lowest BCUT2D eigenvalue weighted by molar-refractivity contribution is 0.247. The van der Waals surface area contributed by atoms with Gasteiger partial charge in [-0.15, -0.1) is 0 Å². The number of halogens is 1. The molecule has 0 aliphatic carbocycles. The Morgan fingerprint density at radius 3 is 2.65 bits per heavy atom. The molecule has 2 aromatic rings. The highest BCUT2D eigenvalue weighted by molar-refractivity contribution is 6.31. The minimum Gasteiger partial charge on any atom is -0.397 e. The van der Waals surface area contributed by atoms with E-state index in [0.717, 1.165) is 5.56 Å². The molecule has 0 atom stereocenters. The molecule has 104 valence electrons. The molecular formula is C15H16ClN3O. The smallest absolute Gasteiger partial charge is 0.321 e. The first-order chi connectivity index (χ1) is 9.58. The zero-order valence-electron chi connectivity index (χ0n) is 11.1. The normalized spacial score (nSPS) is 10.1. The molecule has 0 radical (unpaired) electrons. The van der Waals surface area contributed by atoms with Crippen molar-refractivity contribution in [1.82, 2.24) is 5.32 Å². The Balaban J connectivity index is 2.03. The van der Waals surface area contributed by atoms with Crippen LogP contribution in [-0.2, 0) is 6.54 Å². The zero-order valence-corrected chi connectivity index (χ0v) is 11.9. The monoisotopic (exact) mass is 289 g/mol. The predicted molar refractivity (Wildman–Crippen MR) is 82.9 cm³/mol. The lowest BCUT2D eigenvalue weighted by Crippen LogP contribution is -2.37. The van der Waals surface area contributed by atoms with Crippen molar-refractivity contribution < 1.29 is 4.79 Å². The van der Waals surface area contributed by atoms with Gasteiger partial charge in [0.05, 0.1) is 11.4 Å². The number of benzene rings is 2. The maximum absolute atomic E-state index is 12.1. The third-order valence-corrected chi connectivity index (χ3v) is 3.18. The second-order valence-corrected chi connectivity index (χ2v) is 4.84. The number of nitrogens with zero attached hydrogens (tertiary/aromatic N) is 1. The number of nitrogens with one attached hydrogen (secondary N) is 1. The maximum atomic E-state index is 12.1. The number of rotatable bonds is 3. The molecule has 0 spiro atoms. The Bertz CT molecular complexity index is 601. The summed E-state index contributed by atoms with van der Waals surface area (Å²) in [5.41, 5.74) is 7.98. The van der Waals surface area contributed by atoms with Crippen molar-refractivity contribution in [2.45, 2.75) is 6.54 Å². The van der Waals surface area contributed by atoms with Gasteiger partial charge in [-0.1, -0.05) is 41.9 Å². The van der Waals surface area contributed by atoms with Crippen LogP contribution in [0.15, 0.2) is 48.5 Å². The summed E-state index contributed by atoms with van der Waals surface area (Å²) < 4.78 is 0. The van der Waals surface area contributed by atoms with Crippen LogP contribution in [0.25, 0.3) is 0 Å². The van der Waals surface area contributed by atoms with Gasteiger partial charge in [-0.05, 0) is 23.8 Å². The van der Waals surface area contributed by atoms with Crippen LogP contribution in [0.4, 0.5) is 16.2 Å². The van der Waals surface area contributed by atoms with Crippen LogP contribution in [0.5, 0.6) is 0 Å². The summed E-state index contributed by atoms with van der Waals surface area (Å²) in [7, 11) is 1.66. The van der Waals surface area contributed by atoms with Gasteiger partial charge in [-0.25, -0.2) is 4.79 Å². The number of nitrogens with two attached hydrogens (primary N) is 1. The second-order valence-electron chi connectivity index (χ2n) is 4.41. The first-order valence-corrected chi connectivity index (χ1v) is 6.56. The van der Waals surface area contributed by atoms with Gasteiger partial charge in [-0.2, -0.15) is 0 Å². The van der Waals surface area contributed by atoms with Crippen molar-refractivity contribution in [3.63, 3.8) is 0 Å². The standard InChI is InChI=1S/C15H16ClN3O/c1-19(14-9-12(16)7-8-13(14)17)15(20)18-10-11-5-3-2-4-6-11/h2-9H,10,17H2,1H3,(H,18,20). The van der Waals surface area contributed by atoms with Crippen molar-refractivity contribution in [3.05, 3.63) is 59.1 Å². The molecule has 0 aliphatic rings. The van der Waals surface area contributed by atoms with E-state index in [4.69, 9.17) is 17.3 Å². The van der Waals surface area contributed by atoms with Gasteiger partial charge in [0.2, 0.25) is 0 Å². The van der Waals surface area contributed by atoms with E-state index in [-0.39, 0.29) is 6.03 Å². The molecule has 2 rings (SSSR count). The Morgan fingerprint density at radius 1 is 1.25 bits per heavy atom. The molecular weight excluding hydrogens is 274 g/mol. The zero-order chi connectivity index (χ0) is 14.5. The van der Waals surface area contributed by atoms with Crippen molar-refractivity contribution in [1.29, 1.82) is 0 Å². The number of amides is 2. The van der Waals surface area contributed by atoms with E-state index in [0.29, 0.717) is 22.9 Å². The van der Waals surface area contributed by atoms with Gasteiger partial charge < -0.3 is 11.1 Å². The summed E-state index contributed by atoms with van der Waals surface area (Å²) in [4.78, 5) is 13.5. The molecule has 0 fully saturated rings. The summed E-state index contributed by atoms with van der Waals surface area (Å²) in [5.74, 6) is 0. The molecule has 0 unspecified atom stereocenters. The fourth-order valence-electron chi connectivity index (χ4n) is 1.81. The lowest BCUT2D eigenvalue weighted by atomic mass is 10.2. The SMILES string of the molecule is CN(C(=O)NCc1ccccc1)c1cc(Cl)ccc1N. The summed E-state index contributed by atoms with van der Waals surface area (Å²) in [6.45, 7) is 0.463. The highest BCUT2D eigenvalue weighted by Crippen LogP contribution is 2.26. The lowest BCUT2D eigenvalue weighted by Gasteiger charge is -2.20. The fourth-order valence-corrected chi connectivity index (χ4v) is 1.98. The van der Waals surface area contributed by atoms with Crippen LogP contribution in [0.2, 0.25) is 5.02 Å². The van der Waals surface area contributed by atoms with E-state index >= 15 is 0 Å². The van der Waals surface area contributed by atoms with Crippen LogP contribution < -0.4 is 16.0 Å². The molecule has 0 bridgehead atoms. The molecule has 3 N–H and O–H groups in total. The summed E-state index contributed by atoms with van der Waals surface area (Å²) in [6.07, 6.45) is 0. The average Bonchev–Trinajstić information content (AvgIpc) is 2.47. The largest absolute Gasteiger partial charge is 0.397 e. The number of hydrogen-bond donors (Lipinski definition) is 2. The number of hydrogen-bond acceptors (Lipinski definition) is 2.